The summed E-state index contributed by atoms with van der Waals surface area (Å²) in [5, 5.41) is 5.94. The van der Waals surface area contributed by atoms with Gasteiger partial charge in [0.15, 0.2) is 0 Å². The topological polar surface area (TPSA) is 61.4 Å². The van der Waals surface area contributed by atoms with Crippen LogP contribution in [0, 0.1) is 6.92 Å². The number of carbonyl (C=O) groups is 2. The van der Waals surface area contributed by atoms with Gasteiger partial charge in [0.05, 0.1) is 0 Å². The number of anilines is 2. The van der Waals surface area contributed by atoms with Crippen molar-refractivity contribution in [1.29, 1.82) is 0 Å². The fourth-order valence-corrected chi connectivity index (χ4v) is 3.73. The Morgan fingerprint density at radius 3 is 2.55 bits per heavy atom. The molecule has 0 aliphatic carbocycles. The molecule has 1 atom stereocenters. The molecule has 1 saturated heterocycles. The minimum Gasteiger partial charge on any atom is -0.371 e. The van der Waals surface area contributed by atoms with E-state index in [0.717, 1.165) is 42.9 Å². The van der Waals surface area contributed by atoms with Crippen LogP contribution in [0.15, 0.2) is 48.5 Å². The molecule has 1 fully saturated rings. The maximum absolute atomic E-state index is 13.0. The van der Waals surface area contributed by atoms with Gasteiger partial charge in [0.25, 0.3) is 5.91 Å². The summed E-state index contributed by atoms with van der Waals surface area (Å²) in [7, 11) is 0. The van der Waals surface area contributed by atoms with Crippen LogP contribution in [-0.2, 0) is 4.79 Å². The van der Waals surface area contributed by atoms with Crippen LogP contribution in [0.4, 0.5) is 11.4 Å². The van der Waals surface area contributed by atoms with Gasteiger partial charge in [0.2, 0.25) is 5.91 Å². The summed E-state index contributed by atoms with van der Waals surface area (Å²) in [6.45, 7) is 6.10. The second-order valence-electron chi connectivity index (χ2n) is 7.72. The number of hydrogen-bond donors (Lipinski definition) is 2. The van der Waals surface area contributed by atoms with E-state index in [1.165, 1.54) is 12.8 Å². The highest BCUT2D eigenvalue weighted by molar-refractivity contribution is 6.01. The second-order valence-corrected chi connectivity index (χ2v) is 7.72. The lowest BCUT2D eigenvalue weighted by molar-refractivity contribution is -0.118. The Labute approximate surface area is 173 Å². The molecule has 2 aromatic rings. The van der Waals surface area contributed by atoms with Crippen LogP contribution < -0.4 is 15.5 Å². The second kappa shape index (κ2) is 10.1. The van der Waals surface area contributed by atoms with Crippen LogP contribution in [0.5, 0.6) is 0 Å². The molecule has 0 spiro atoms. The van der Waals surface area contributed by atoms with E-state index in [1.54, 1.807) is 6.07 Å². The third-order valence-electron chi connectivity index (χ3n) is 5.44. The molecule has 3 rings (SSSR count). The Morgan fingerprint density at radius 1 is 1.07 bits per heavy atom. The lowest BCUT2D eigenvalue weighted by atomic mass is 10.1. The van der Waals surface area contributed by atoms with Crippen molar-refractivity contribution < 1.29 is 9.59 Å². The van der Waals surface area contributed by atoms with Crippen molar-refractivity contribution in [2.45, 2.75) is 52.0 Å². The lowest BCUT2D eigenvalue weighted by Crippen LogP contribution is -2.44. The standard InChI is InChI=1S/C24H31N3O2/c1-3-4-14-22(26-23(28)21-13-6-5-10-18(21)2)24(29)25-19-11-9-12-20(17-19)27-15-7-8-16-27/h5-6,9-13,17,22H,3-4,7-8,14-16H2,1-2H3,(H,25,29)(H,26,28). The van der Waals surface area contributed by atoms with Gasteiger partial charge < -0.3 is 15.5 Å². The van der Waals surface area contributed by atoms with Gasteiger partial charge in [-0.25, -0.2) is 0 Å². The molecule has 1 heterocycles. The molecule has 0 bridgehead atoms. The van der Waals surface area contributed by atoms with Gasteiger partial charge in [-0.1, -0.05) is 44.0 Å². The van der Waals surface area contributed by atoms with Crippen LogP contribution in [-0.4, -0.2) is 30.9 Å². The molecule has 1 aliphatic heterocycles. The minimum atomic E-state index is -0.558. The molecular weight excluding hydrogens is 362 g/mol. The monoisotopic (exact) mass is 393 g/mol. The number of unbranched alkanes of at least 4 members (excludes halogenated alkanes) is 1. The smallest absolute Gasteiger partial charge is 0.252 e. The average Bonchev–Trinajstić information content (AvgIpc) is 3.26. The molecule has 29 heavy (non-hydrogen) atoms. The van der Waals surface area contributed by atoms with E-state index >= 15 is 0 Å². The first-order chi connectivity index (χ1) is 14.1. The highest BCUT2D eigenvalue weighted by atomic mass is 16.2. The van der Waals surface area contributed by atoms with Gasteiger partial charge >= 0.3 is 0 Å². The van der Waals surface area contributed by atoms with Gasteiger partial charge in [-0.2, -0.15) is 0 Å². The third kappa shape index (κ3) is 5.59. The van der Waals surface area contributed by atoms with Crippen LogP contribution in [0.3, 0.4) is 0 Å². The third-order valence-corrected chi connectivity index (χ3v) is 5.44. The Hall–Kier alpha value is -2.82. The number of hydrogen-bond acceptors (Lipinski definition) is 3. The lowest BCUT2D eigenvalue weighted by Gasteiger charge is -2.21. The molecule has 154 valence electrons. The average molecular weight is 394 g/mol. The molecule has 1 unspecified atom stereocenters. The first-order valence-corrected chi connectivity index (χ1v) is 10.6. The van der Waals surface area contributed by atoms with Gasteiger partial charge in [-0.3, -0.25) is 9.59 Å². The normalized spacial score (nSPS) is 14.5. The quantitative estimate of drug-likeness (QED) is 0.693. The fourth-order valence-electron chi connectivity index (χ4n) is 3.73. The Kier molecular flexibility index (Phi) is 7.28. The predicted molar refractivity (Wildman–Crippen MR) is 118 cm³/mol. The van der Waals surface area contributed by atoms with Crippen molar-refractivity contribution in [3.05, 3.63) is 59.7 Å². The van der Waals surface area contributed by atoms with Crippen LogP contribution >= 0.6 is 0 Å². The highest BCUT2D eigenvalue weighted by Crippen LogP contribution is 2.23. The van der Waals surface area contributed by atoms with E-state index in [2.05, 4.69) is 28.5 Å². The van der Waals surface area contributed by atoms with E-state index in [4.69, 9.17) is 0 Å². The zero-order valence-electron chi connectivity index (χ0n) is 17.4. The van der Waals surface area contributed by atoms with E-state index in [-0.39, 0.29) is 11.8 Å². The maximum Gasteiger partial charge on any atom is 0.252 e. The van der Waals surface area contributed by atoms with Crippen molar-refractivity contribution >= 4 is 23.2 Å². The summed E-state index contributed by atoms with van der Waals surface area (Å²) >= 11 is 0. The summed E-state index contributed by atoms with van der Waals surface area (Å²) in [5.74, 6) is -0.371. The molecule has 2 amide bonds. The summed E-state index contributed by atoms with van der Waals surface area (Å²) in [6, 6.07) is 14.8. The molecule has 0 saturated carbocycles. The summed E-state index contributed by atoms with van der Waals surface area (Å²) < 4.78 is 0. The van der Waals surface area contributed by atoms with Crippen LogP contribution in [0.1, 0.15) is 54.9 Å². The number of amides is 2. The molecule has 1 aliphatic rings. The SMILES string of the molecule is CCCCC(NC(=O)c1ccccc1C)C(=O)Nc1cccc(N2CCCC2)c1. The first-order valence-electron chi connectivity index (χ1n) is 10.6. The van der Waals surface area contributed by atoms with Gasteiger partial charge in [-0.05, 0) is 56.0 Å². The maximum atomic E-state index is 13.0. The van der Waals surface area contributed by atoms with Crippen LogP contribution in [0.25, 0.3) is 0 Å². The van der Waals surface area contributed by atoms with Gasteiger partial charge in [0.1, 0.15) is 6.04 Å². The largest absolute Gasteiger partial charge is 0.371 e. The molecule has 5 nitrogen and oxygen atoms in total. The van der Waals surface area contributed by atoms with Gasteiger partial charge in [-0.15, -0.1) is 0 Å². The Balaban J connectivity index is 1.69. The highest BCUT2D eigenvalue weighted by Gasteiger charge is 2.22. The zero-order valence-corrected chi connectivity index (χ0v) is 17.4. The molecular formula is C24H31N3O2. The molecule has 5 heteroatoms. The fraction of sp³-hybridized carbons (Fsp3) is 0.417. The summed E-state index contributed by atoms with van der Waals surface area (Å²) in [4.78, 5) is 28.0. The number of aryl methyl sites for hydroxylation is 1. The van der Waals surface area contributed by atoms with Crippen LogP contribution in [0.2, 0.25) is 0 Å². The number of nitrogens with one attached hydrogen (secondary N) is 2. The molecule has 0 aromatic heterocycles. The van der Waals surface area contributed by atoms with Crippen molar-refractivity contribution in [3.63, 3.8) is 0 Å². The Morgan fingerprint density at radius 2 is 1.83 bits per heavy atom. The van der Waals surface area contributed by atoms with E-state index in [9.17, 15) is 9.59 Å². The Bertz CT molecular complexity index is 844. The minimum absolute atomic E-state index is 0.168. The van der Waals surface area contributed by atoms with E-state index in [1.807, 2.05) is 43.3 Å². The number of benzene rings is 2. The number of rotatable bonds is 8. The van der Waals surface area contributed by atoms with Crippen molar-refractivity contribution in [3.8, 4) is 0 Å². The first kappa shape index (κ1) is 20.9. The molecule has 2 aromatic carbocycles. The van der Waals surface area contributed by atoms with E-state index in [0.29, 0.717) is 12.0 Å². The van der Waals surface area contributed by atoms with Crippen molar-refractivity contribution in [1.82, 2.24) is 5.32 Å². The van der Waals surface area contributed by atoms with Crippen molar-refractivity contribution in [2.24, 2.45) is 0 Å². The predicted octanol–water partition coefficient (Wildman–Crippen LogP) is 4.52. The summed E-state index contributed by atoms with van der Waals surface area (Å²) in [6.07, 6.45) is 4.88. The van der Waals surface area contributed by atoms with Crippen molar-refractivity contribution in [2.75, 3.05) is 23.3 Å². The molecule has 0 radical (unpaired) electrons. The zero-order chi connectivity index (χ0) is 20.6. The molecule has 2 N–H and O–H groups in total. The number of carbonyl (C=O) groups excluding carboxylic acids is 2. The van der Waals surface area contributed by atoms with Gasteiger partial charge in [0, 0.05) is 30.0 Å². The van der Waals surface area contributed by atoms with E-state index < -0.39 is 6.04 Å². The number of nitrogens with zero attached hydrogens (tertiary/aromatic N) is 1. The summed E-state index contributed by atoms with van der Waals surface area (Å²) in [5.41, 5.74) is 3.41.